The molecular formula is C14H15N3O2. The van der Waals surface area contributed by atoms with E-state index < -0.39 is 0 Å². The SMILES string of the molecule is [N-]=[N+]=NC1C2CC(OCc3ccccc3)C1CC2=O. The fourth-order valence-electron chi connectivity index (χ4n) is 3.24. The lowest BCUT2D eigenvalue weighted by molar-refractivity contribution is -0.124. The first-order chi connectivity index (χ1) is 9.29. The molecule has 5 heteroatoms. The first-order valence-corrected chi connectivity index (χ1v) is 6.52. The van der Waals surface area contributed by atoms with Crippen LogP contribution in [0.15, 0.2) is 35.4 Å². The molecule has 5 nitrogen and oxygen atoms in total. The van der Waals surface area contributed by atoms with E-state index in [4.69, 9.17) is 10.3 Å². The van der Waals surface area contributed by atoms with Crippen molar-refractivity contribution >= 4 is 5.78 Å². The van der Waals surface area contributed by atoms with Crippen LogP contribution in [-0.4, -0.2) is 17.9 Å². The maximum atomic E-state index is 11.7. The fraction of sp³-hybridized carbons (Fsp3) is 0.500. The van der Waals surface area contributed by atoms with Gasteiger partial charge < -0.3 is 4.74 Å². The van der Waals surface area contributed by atoms with Crippen molar-refractivity contribution in [2.45, 2.75) is 31.6 Å². The average Bonchev–Trinajstić information content (AvgIpc) is 2.91. The lowest BCUT2D eigenvalue weighted by Crippen LogP contribution is -2.25. The summed E-state index contributed by atoms with van der Waals surface area (Å²) in [6.07, 6.45) is 1.23. The molecule has 0 spiro atoms. The Morgan fingerprint density at radius 1 is 1.37 bits per heavy atom. The van der Waals surface area contributed by atoms with Crippen LogP contribution in [-0.2, 0) is 16.1 Å². The quantitative estimate of drug-likeness (QED) is 0.472. The number of benzene rings is 1. The maximum Gasteiger partial charge on any atom is 0.136 e. The van der Waals surface area contributed by atoms with E-state index in [0.717, 1.165) is 5.56 Å². The first-order valence-electron chi connectivity index (χ1n) is 6.52. The molecule has 1 aromatic carbocycles. The molecule has 0 N–H and O–H groups in total. The summed E-state index contributed by atoms with van der Waals surface area (Å²) in [5, 5.41) is 3.78. The van der Waals surface area contributed by atoms with E-state index in [1.54, 1.807) is 0 Å². The maximum absolute atomic E-state index is 11.7. The van der Waals surface area contributed by atoms with Crippen molar-refractivity contribution in [2.75, 3.05) is 0 Å². The van der Waals surface area contributed by atoms with E-state index in [2.05, 4.69) is 10.0 Å². The van der Waals surface area contributed by atoms with Gasteiger partial charge in [-0.1, -0.05) is 35.4 Å². The molecule has 0 radical (unpaired) electrons. The molecule has 2 saturated carbocycles. The van der Waals surface area contributed by atoms with Crippen molar-refractivity contribution in [3.05, 3.63) is 46.3 Å². The smallest absolute Gasteiger partial charge is 0.136 e. The summed E-state index contributed by atoms with van der Waals surface area (Å²) in [5.74, 6) is 0.167. The van der Waals surface area contributed by atoms with Crippen LogP contribution in [0.5, 0.6) is 0 Å². The number of hydrogen-bond donors (Lipinski definition) is 0. The number of fused-ring (bicyclic) bond motifs is 2. The molecular weight excluding hydrogens is 242 g/mol. The van der Waals surface area contributed by atoms with Crippen LogP contribution in [0.2, 0.25) is 0 Å². The Bertz CT molecular complexity index is 525. The summed E-state index contributed by atoms with van der Waals surface area (Å²) in [4.78, 5) is 14.6. The second-order valence-electron chi connectivity index (χ2n) is 5.21. The molecule has 2 fully saturated rings. The average molecular weight is 257 g/mol. The third-order valence-corrected chi connectivity index (χ3v) is 4.16. The van der Waals surface area contributed by atoms with Gasteiger partial charge in [0.25, 0.3) is 0 Å². The van der Waals surface area contributed by atoms with Gasteiger partial charge in [-0.25, -0.2) is 0 Å². The molecule has 0 aliphatic heterocycles. The summed E-state index contributed by atoms with van der Waals surface area (Å²) in [6.45, 7) is 0.548. The third-order valence-electron chi connectivity index (χ3n) is 4.16. The summed E-state index contributed by atoms with van der Waals surface area (Å²) >= 11 is 0. The number of carbonyl (C=O) groups excluding carboxylic acids is 1. The fourth-order valence-corrected chi connectivity index (χ4v) is 3.24. The summed E-state index contributed by atoms with van der Waals surface area (Å²) in [7, 11) is 0. The lowest BCUT2D eigenvalue weighted by atomic mass is 9.96. The van der Waals surface area contributed by atoms with Crippen molar-refractivity contribution in [2.24, 2.45) is 17.0 Å². The van der Waals surface area contributed by atoms with Gasteiger partial charge in [-0.15, -0.1) is 0 Å². The Labute approximate surface area is 111 Å². The number of nitrogens with zero attached hydrogens (tertiary/aromatic N) is 3. The monoisotopic (exact) mass is 257 g/mol. The second-order valence-corrected chi connectivity index (χ2v) is 5.21. The number of carbonyl (C=O) groups is 1. The number of azide groups is 1. The number of ketones is 1. The number of ether oxygens (including phenoxy) is 1. The van der Waals surface area contributed by atoms with E-state index >= 15 is 0 Å². The molecule has 19 heavy (non-hydrogen) atoms. The zero-order valence-corrected chi connectivity index (χ0v) is 10.5. The van der Waals surface area contributed by atoms with E-state index in [-0.39, 0.29) is 29.8 Å². The Morgan fingerprint density at radius 3 is 2.89 bits per heavy atom. The molecule has 0 heterocycles. The summed E-state index contributed by atoms with van der Waals surface area (Å²) < 4.78 is 5.91. The lowest BCUT2D eigenvalue weighted by Gasteiger charge is -2.21. The molecule has 2 aliphatic rings. The highest BCUT2D eigenvalue weighted by molar-refractivity contribution is 5.86. The molecule has 3 rings (SSSR count). The minimum Gasteiger partial charge on any atom is -0.373 e. The van der Waals surface area contributed by atoms with Crippen LogP contribution in [0.25, 0.3) is 10.4 Å². The zero-order chi connectivity index (χ0) is 13.2. The molecule has 2 bridgehead atoms. The number of hydrogen-bond acceptors (Lipinski definition) is 3. The van der Waals surface area contributed by atoms with Crippen LogP contribution in [0.1, 0.15) is 18.4 Å². The molecule has 4 atom stereocenters. The molecule has 0 amide bonds. The largest absolute Gasteiger partial charge is 0.373 e. The van der Waals surface area contributed by atoms with E-state index in [0.29, 0.717) is 19.4 Å². The van der Waals surface area contributed by atoms with Crippen molar-refractivity contribution in [1.29, 1.82) is 0 Å². The van der Waals surface area contributed by atoms with Gasteiger partial charge in [-0.05, 0) is 17.5 Å². The molecule has 2 aliphatic carbocycles. The zero-order valence-electron chi connectivity index (χ0n) is 10.5. The second kappa shape index (κ2) is 5.03. The van der Waals surface area contributed by atoms with Gasteiger partial charge in [-0.3, -0.25) is 4.79 Å². The molecule has 98 valence electrons. The molecule has 4 unspecified atom stereocenters. The Balaban J connectivity index is 1.65. The Kier molecular flexibility index (Phi) is 3.23. The Hall–Kier alpha value is -1.84. The van der Waals surface area contributed by atoms with Gasteiger partial charge in [-0.2, -0.15) is 0 Å². The van der Waals surface area contributed by atoms with E-state index in [1.807, 2.05) is 30.3 Å². The molecule has 1 aromatic rings. The topological polar surface area (TPSA) is 75.1 Å². The van der Waals surface area contributed by atoms with Crippen molar-refractivity contribution in [3.63, 3.8) is 0 Å². The van der Waals surface area contributed by atoms with E-state index in [1.165, 1.54) is 0 Å². The normalized spacial score (nSPS) is 32.3. The highest BCUT2D eigenvalue weighted by atomic mass is 16.5. The first kappa shape index (κ1) is 12.2. The predicted octanol–water partition coefficient (Wildman–Crippen LogP) is 2.86. The van der Waals surface area contributed by atoms with Crippen LogP contribution >= 0.6 is 0 Å². The summed E-state index contributed by atoms with van der Waals surface area (Å²) in [5.41, 5.74) is 9.70. The predicted molar refractivity (Wildman–Crippen MR) is 69.2 cm³/mol. The van der Waals surface area contributed by atoms with Crippen LogP contribution in [0.3, 0.4) is 0 Å². The van der Waals surface area contributed by atoms with Crippen LogP contribution in [0.4, 0.5) is 0 Å². The van der Waals surface area contributed by atoms with Crippen LogP contribution in [0, 0.1) is 11.8 Å². The molecule has 0 saturated heterocycles. The minimum atomic E-state index is -0.196. The number of Topliss-reactive ketones (excluding diaryl/α,β-unsaturated/α-hetero) is 1. The number of rotatable bonds is 4. The van der Waals surface area contributed by atoms with E-state index in [9.17, 15) is 4.79 Å². The minimum absolute atomic E-state index is 0.0402. The van der Waals surface area contributed by atoms with Gasteiger partial charge in [0.1, 0.15) is 5.78 Å². The van der Waals surface area contributed by atoms with Crippen LogP contribution < -0.4 is 0 Å². The molecule has 0 aromatic heterocycles. The van der Waals surface area contributed by atoms with Crippen molar-refractivity contribution in [1.82, 2.24) is 0 Å². The third kappa shape index (κ3) is 2.23. The van der Waals surface area contributed by atoms with Gasteiger partial charge in [0.15, 0.2) is 0 Å². The standard InChI is InChI=1S/C14H15N3O2/c15-17-16-14-10-7-13(11(14)6-12(10)18)19-8-9-4-2-1-3-5-9/h1-5,10-11,13-14H,6-8H2. The highest BCUT2D eigenvalue weighted by Gasteiger charge is 2.53. The Morgan fingerprint density at radius 2 is 2.16 bits per heavy atom. The van der Waals surface area contributed by atoms with Gasteiger partial charge in [0, 0.05) is 23.2 Å². The van der Waals surface area contributed by atoms with Gasteiger partial charge in [0.05, 0.1) is 18.8 Å². The highest BCUT2D eigenvalue weighted by Crippen LogP contribution is 2.46. The van der Waals surface area contributed by atoms with Gasteiger partial charge >= 0.3 is 0 Å². The van der Waals surface area contributed by atoms with Crippen molar-refractivity contribution < 1.29 is 9.53 Å². The van der Waals surface area contributed by atoms with Gasteiger partial charge in [0.2, 0.25) is 0 Å². The van der Waals surface area contributed by atoms with Crippen molar-refractivity contribution in [3.8, 4) is 0 Å². The summed E-state index contributed by atoms with van der Waals surface area (Å²) in [6, 6.07) is 9.76.